The number of oxime groups is 1. The number of rotatable bonds is 3. The zero-order valence-corrected chi connectivity index (χ0v) is 10.2. The van der Waals surface area contributed by atoms with Crippen molar-refractivity contribution in [1.29, 1.82) is 0 Å². The van der Waals surface area contributed by atoms with Gasteiger partial charge in [0, 0.05) is 6.20 Å². The van der Waals surface area contributed by atoms with Crippen LogP contribution in [0.2, 0.25) is 5.02 Å². The molecule has 3 N–H and O–H groups in total. The van der Waals surface area contributed by atoms with E-state index in [2.05, 4.69) is 15.1 Å². The molecule has 98 valence electrons. The van der Waals surface area contributed by atoms with E-state index < -0.39 is 5.82 Å². The van der Waals surface area contributed by atoms with Crippen LogP contribution in [0, 0.1) is 5.82 Å². The second kappa shape index (κ2) is 5.49. The maximum atomic E-state index is 13.6. The van der Waals surface area contributed by atoms with Crippen molar-refractivity contribution in [3.8, 4) is 11.8 Å². The number of hydrogen-bond donors (Lipinski definition) is 2. The molecule has 0 spiro atoms. The summed E-state index contributed by atoms with van der Waals surface area (Å²) in [5.41, 5.74) is 5.52. The monoisotopic (exact) mass is 282 g/mol. The van der Waals surface area contributed by atoms with Crippen LogP contribution in [-0.2, 0) is 0 Å². The third-order valence-electron chi connectivity index (χ3n) is 2.12. The highest BCUT2D eigenvalue weighted by molar-refractivity contribution is 6.30. The quantitative estimate of drug-likeness (QED) is 0.389. The number of nitrogens with zero attached hydrogens (tertiary/aromatic N) is 3. The maximum Gasteiger partial charge on any atom is 0.322 e. The minimum absolute atomic E-state index is 0.0786. The number of aromatic nitrogens is 2. The summed E-state index contributed by atoms with van der Waals surface area (Å²) in [5.74, 6) is -1.05. The third kappa shape index (κ3) is 2.89. The highest BCUT2D eigenvalue weighted by Gasteiger charge is 2.11. The van der Waals surface area contributed by atoms with Gasteiger partial charge in [-0.15, -0.1) is 0 Å². The van der Waals surface area contributed by atoms with Crippen molar-refractivity contribution in [1.82, 2.24) is 9.97 Å². The fourth-order valence-corrected chi connectivity index (χ4v) is 1.41. The average molecular weight is 283 g/mol. The first-order valence-electron chi connectivity index (χ1n) is 5.04. The molecule has 0 saturated carbocycles. The Morgan fingerprint density at radius 3 is 2.95 bits per heavy atom. The standard InChI is InChI=1S/C11H8ClFN4O2/c12-6-2-1-3-8(9(6)13)19-11-15-5-4-7(16-11)10(14)17-18/h1-5,18H,(H2,14,17). The molecule has 0 aliphatic carbocycles. The molecule has 8 heteroatoms. The van der Waals surface area contributed by atoms with Gasteiger partial charge in [-0.3, -0.25) is 0 Å². The molecular weight excluding hydrogens is 275 g/mol. The minimum Gasteiger partial charge on any atom is -0.421 e. The summed E-state index contributed by atoms with van der Waals surface area (Å²) in [7, 11) is 0. The van der Waals surface area contributed by atoms with Crippen LogP contribution in [0.25, 0.3) is 0 Å². The lowest BCUT2D eigenvalue weighted by molar-refractivity contribution is 0.318. The van der Waals surface area contributed by atoms with E-state index in [1.807, 2.05) is 0 Å². The van der Waals surface area contributed by atoms with E-state index in [0.29, 0.717) is 0 Å². The van der Waals surface area contributed by atoms with Crippen LogP contribution in [0.15, 0.2) is 35.6 Å². The number of nitrogens with two attached hydrogens (primary N) is 1. The summed E-state index contributed by atoms with van der Waals surface area (Å²) in [6.07, 6.45) is 1.33. The molecule has 6 nitrogen and oxygen atoms in total. The Morgan fingerprint density at radius 1 is 1.42 bits per heavy atom. The van der Waals surface area contributed by atoms with Crippen LogP contribution in [0.4, 0.5) is 4.39 Å². The van der Waals surface area contributed by atoms with Gasteiger partial charge in [0.2, 0.25) is 0 Å². The summed E-state index contributed by atoms with van der Waals surface area (Å²) in [5, 5.41) is 11.2. The average Bonchev–Trinajstić information content (AvgIpc) is 2.43. The van der Waals surface area contributed by atoms with Crippen molar-refractivity contribution in [3.63, 3.8) is 0 Å². The summed E-state index contributed by atoms with van der Waals surface area (Å²) >= 11 is 5.62. The van der Waals surface area contributed by atoms with Gasteiger partial charge >= 0.3 is 6.01 Å². The van der Waals surface area contributed by atoms with E-state index in [1.54, 1.807) is 0 Å². The summed E-state index contributed by atoms with van der Waals surface area (Å²) in [6.45, 7) is 0. The van der Waals surface area contributed by atoms with Crippen LogP contribution in [0.3, 0.4) is 0 Å². The van der Waals surface area contributed by atoms with Gasteiger partial charge in [-0.25, -0.2) is 9.37 Å². The van der Waals surface area contributed by atoms with E-state index >= 15 is 0 Å². The maximum absolute atomic E-state index is 13.6. The number of halogens is 2. The normalized spacial score (nSPS) is 11.4. The Balaban J connectivity index is 2.31. The van der Waals surface area contributed by atoms with E-state index in [0.717, 1.165) is 0 Å². The van der Waals surface area contributed by atoms with E-state index in [-0.39, 0.29) is 28.3 Å². The van der Waals surface area contributed by atoms with Crippen molar-refractivity contribution in [2.24, 2.45) is 10.9 Å². The van der Waals surface area contributed by atoms with Crippen molar-refractivity contribution in [2.45, 2.75) is 0 Å². The molecular formula is C11H8ClFN4O2. The molecule has 2 aromatic rings. The first kappa shape index (κ1) is 13.0. The molecule has 0 unspecified atom stereocenters. The first-order chi connectivity index (χ1) is 9.11. The van der Waals surface area contributed by atoms with Crippen molar-refractivity contribution in [3.05, 3.63) is 47.0 Å². The molecule has 1 aromatic heterocycles. The Hall–Kier alpha value is -2.41. The summed E-state index contributed by atoms with van der Waals surface area (Å²) < 4.78 is 18.8. The Kier molecular flexibility index (Phi) is 3.76. The van der Waals surface area contributed by atoms with Crippen molar-refractivity contribution >= 4 is 17.4 Å². The zero-order valence-electron chi connectivity index (χ0n) is 9.42. The molecule has 0 saturated heterocycles. The lowest BCUT2D eigenvalue weighted by atomic mass is 10.3. The van der Waals surface area contributed by atoms with E-state index in [1.165, 1.54) is 30.5 Å². The minimum atomic E-state index is -0.720. The second-order valence-electron chi connectivity index (χ2n) is 3.36. The van der Waals surface area contributed by atoms with E-state index in [9.17, 15) is 4.39 Å². The molecule has 1 heterocycles. The van der Waals surface area contributed by atoms with Gasteiger partial charge in [0.1, 0.15) is 5.69 Å². The molecule has 1 aromatic carbocycles. The molecule has 0 bridgehead atoms. The van der Waals surface area contributed by atoms with Gasteiger partial charge in [0.15, 0.2) is 17.4 Å². The molecule has 0 atom stereocenters. The van der Waals surface area contributed by atoms with Crippen molar-refractivity contribution < 1.29 is 14.3 Å². The Morgan fingerprint density at radius 2 is 2.21 bits per heavy atom. The van der Waals surface area contributed by atoms with Crippen LogP contribution in [-0.4, -0.2) is 21.0 Å². The fraction of sp³-hybridized carbons (Fsp3) is 0. The summed E-state index contributed by atoms with van der Waals surface area (Å²) in [6, 6.07) is 5.55. The number of benzene rings is 1. The molecule has 0 amide bonds. The largest absolute Gasteiger partial charge is 0.421 e. The van der Waals surface area contributed by atoms with Gasteiger partial charge in [0.05, 0.1) is 5.02 Å². The van der Waals surface area contributed by atoms with Gasteiger partial charge < -0.3 is 15.7 Å². The smallest absolute Gasteiger partial charge is 0.322 e. The van der Waals surface area contributed by atoms with Crippen LogP contribution < -0.4 is 10.5 Å². The molecule has 0 aliphatic heterocycles. The highest BCUT2D eigenvalue weighted by atomic mass is 35.5. The Bertz CT molecular complexity index is 636. The molecule has 0 radical (unpaired) electrons. The fourth-order valence-electron chi connectivity index (χ4n) is 1.25. The Labute approximate surface area is 112 Å². The lowest BCUT2D eigenvalue weighted by Gasteiger charge is -2.06. The summed E-state index contributed by atoms with van der Waals surface area (Å²) in [4.78, 5) is 7.64. The highest BCUT2D eigenvalue weighted by Crippen LogP contribution is 2.26. The van der Waals surface area contributed by atoms with Gasteiger partial charge in [0.25, 0.3) is 0 Å². The van der Waals surface area contributed by atoms with Crippen LogP contribution in [0.1, 0.15) is 5.69 Å². The lowest BCUT2D eigenvalue weighted by Crippen LogP contribution is -2.15. The zero-order chi connectivity index (χ0) is 13.8. The first-order valence-corrected chi connectivity index (χ1v) is 5.42. The predicted molar refractivity (Wildman–Crippen MR) is 66.0 cm³/mol. The van der Waals surface area contributed by atoms with Crippen LogP contribution in [0.5, 0.6) is 11.8 Å². The number of ether oxygens (including phenoxy) is 1. The number of amidine groups is 1. The molecule has 19 heavy (non-hydrogen) atoms. The number of hydrogen-bond acceptors (Lipinski definition) is 5. The van der Waals surface area contributed by atoms with Crippen LogP contribution >= 0.6 is 11.6 Å². The third-order valence-corrected chi connectivity index (χ3v) is 2.41. The molecule has 0 aliphatic rings. The molecule has 2 rings (SSSR count). The van der Waals surface area contributed by atoms with E-state index in [4.69, 9.17) is 27.3 Å². The molecule has 0 fully saturated rings. The van der Waals surface area contributed by atoms with Crippen molar-refractivity contribution in [2.75, 3.05) is 0 Å². The van der Waals surface area contributed by atoms with Gasteiger partial charge in [-0.2, -0.15) is 4.98 Å². The van der Waals surface area contributed by atoms with Gasteiger partial charge in [-0.1, -0.05) is 22.8 Å². The topological polar surface area (TPSA) is 93.6 Å². The SMILES string of the molecule is N/C(=N/O)c1ccnc(Oc2cccc(Cl)c2F)n1. The second-order valence-corrected chi connectivity index (χ2v) is 3.77. The van der Waals surface area contributed by atoms with Gasteiger partial charge in [-0.05, 0) is 18.2 Å². The predicted octanol–water partition coefficient (Wildman–Crippen LogP) is 2.16.